The number of aromatic nitrogens is 4. The fourth-order valence-corrected chi connectivity index (χ4v) is 3.24. The summed E-state index contributed by atoms with van der Waals surface area (Å²) in [7, 11) is 0. The Hall–Kier alpha value is -2.14. The monoisotopic (exact) mass is 281 g/mol. The van der Waals surface area contributed by atoms with Gasteiger partial charge in [0.25, 0.3) is 0 Å². The highest BCUT2D eigenvalue weighted by atomic mass is 15.1. The van der Waals surface area contributed by atoms with Crippen LogP contribution in [-0.2, 0) is 6.54 Å². The van der Waals surface area contributed by atoms with E-state index in [9.17, 15) is 0 Å². The second-order valence-electron chi connectivity index (χ2n) is 5.97. The lowest BCUT2D eigenvalue weighted by Crippen LogP contribution is -2.17. The van der Waals surface area contributed by atoms with Crippen LogP contribution in [-0.4, -0.2) is 32.3 Å². The third-order valence-corrected chi connectivity index (χ3v) is 4.31. The molecule has 21 heavy (non-hydrogen) atoms. The number of rotatable bonds is 3. The van der Waals surface area contributed by atoms with Crippen molar-refractivity contribution in [1.82, 2.24) is 25.1 Å². The summed E-state index contributed by atoms with van der Waals surface area (Å²) in [6.07, 6.45) is 7.08. The highest BCUT2D eigenvalue weighted by Crippen LogP contribution is 2.23. The topological polar surface area (TPSA) is 58.5 Å². The predicted octanol–water partition coefficient (Wildman–Crippen LogP) is 2.42. The molecule has 0 aromatic carbocycles. The van der Waals surface area contributed by atoms with Gasteiger partial charge < -0.3 is 9.88 Å². The smallest absolute Gasteiger partial charge is 0.0888 e. The molecular formula is C16H19N5. The van der Waals surface area contributed by atoms with E-state index >= 15 is 0 Å². The normalized spacial score (nSPS) is 22.1. The molecule has 2 atom stereocenters. The number of nitrogens with zero attached hydrogens (tertiary/aromatic N) is 3. The summed E-state index contributed by atoms with van der Waals surface area (Å²) in [5.41, 5.74) is 4.25. The molecule has 0 amide bonds. The van der Waals surface area contributed by atoms with Crippen LogP contribution < -0.4 is 5.32 Å². The van der Waals surface area contributed by atoms with Gasteiger partial charge in [-0.15, -0.1) is 0 Å². The Morgan fingerprint density at radius 1 is 1.33 bits per heavy atom. The maximum Gasteiger partial charge on any atom is 0.0888 e. The van der Waals surface area contributed by atoms with E-state index in [1.165, 1.54) is 11.9 Å². The van der Waals surface area contributed by atoms with Crippen molar-refractivity contribution < 1.29 is 0 Å². The van der Waals surface area contributed by atoms with Gasteiger partial charge in [0.05, 0.1) is 22.9 Å². The van der Waals surface area contributed by atoms with Crippen LogP contribution in [0.1, 0.15) is 13.3 Å². The average molecular weight is 281 g/mol. The van der Waals surface area contributed by atoms with Crippen molar-refractivity contribution in [3.8, 4) is 11.3 Å². The zero-order valence-corrected chi connectivity index (χ0v) is 12.1. The Morgan fingerprint density at radius 3 is 3.05 bits per heavy atom. The minimum absolute atomic E-state index is 0.641. The first kappa shape index (κ1) is 12.6. The lowest BCUT2D eigenvalue weighted by Gasteiger charge is -2.11. The number of nitrogens with one attached hydrogen (secondary N) is 2. The van der Waals surface area contributed by atoms with Crippen LogP contribution in [0.3, 0.4) is 0 Å². The molecule has 5 heteroatoms. The van der Waals surface area contributed by atoms with Crippen molar-refractivity contribution in [3.63, 3.8) is 0 Å². The second-order valence-corrected chi connectivity index (χ2v) is 5.97. The number of aromatic amines is 1. The van der Waals surface area contributed by atoms with Crippen molar-refractivity contribution in [2.24, 2.45) is 5.92 Å². The summed E-state index contributed by atoms with van der Waals surface area (Å²) in [5, 5.41) is 10.3. The van der Waals surface area contributed by atoms with Crippen LogP contribution in [0, 0.1) is 5.92 Å². The molecule has 1 fully saturated rings. The molecule has 1 saturated heterocycles. The summed E-state index contributed by atoms with van der Waals surface area (Å²) in [6, 6.07) is 6.98. The summed E-state index contributed by atoms with van der Waals surface area (Å²) >= 11 is 0. The molecule has 1 aliphatic rings. The molecule has 1 unspecified atom stereocenters. The molecule has 3 aromatic heterocycles. The van der Waals surface area contributed by atoms with Crippen LogP contribution in [0.2, 0.25) is 0 Å². The quantitative estimate of drug-likeness (QED) is 0.775. The fraction of sp³-hybridized carbons (Fsp3) is 0.375. The Kier molecular flexibility index (Phi) is 3.00. The van der Waals surface area contributed by atoms with E-state index in [2.05, 4.69) is 51.4 Å². The molecular weight excluding hydrogens is 262 g/mol. The number of hydrogen-bond donors (Lipinski definition) is 2. The summed E-state index contributed by atoms with van der Waals surface area (Å²) in [6.45, 7) is 4.43. The molecule has 0 aliphatic carbocycles. The van der Waals surface area contributed by atoms with Crippen molar-refractivity contribution in [1.29, 1.82) is 0 Å². The molecule has 3 aromatic rings. The lowest BCUT2D eigenvalue weighted by molar-refractivity contribution is 0.483. The van der Waals surface area contributed by atoms with Gasteiger partial charge in [-0.05, 0) is 44.0 Å². The summed E-state index contributed by atoms with van der Waals surface area (Å²) in [5.74, 6) is 0.712. The van der Waals surface area contributed by atoms with Gasteiger partial charge in [0, 0.05) is 30.5 Å². The lowest BCUT2D eigenvalue weighted by atomic mass is 10.1. The van der Waals surface area contributed by atoms with E-state index in [1.807, 2.05) is 6.20 Å². The third kappa shape index (κ3) is 2.34. The molecule has 0 saturated carbocycles. The van der Waals surface area contributed by atoms with Gasteiger partial charge >= 0.3 is 0 Å². The fourth-order valence-electron chi connectivity index (χ4n) is 3.24. The Labute approximate surface area is 123 Å². The van der Waals surface area contributed by atoms with Gasteiger partial charge in [-0.1, -0.05) is 0 Å². The van der Waals surface area contributed by atoms with Crippen molar-refractivity contribution in [3.05, 3.63) is 36.8 Å². The van der Waals surface area contributed by atoms with Crippen molar-refractivity contribution in [2.75, 3.05) is 6.54 Å². The van der Waals surface area contributed by atoms with Crippen LogP contribution >= 0.6 is 0 Å². The van der Waals surface area contributed by atoms with Gasteiger partial charge in [-0.25, -0.2) is 4.98 Å². The van der Waals surface area contributed by atoms with Crippen molar-refractivity contribution >= 4 is 11.0 Å². The molecule has 0 radical (unpaired) electrons. The Balaban J connectivity index is 1.63. The highest BCUT2D eigenvalue weighted by molar-refractivity contribution is 5.79. The third-order valence-electron chi connectivity index (χ3n) is 4.31. The zero-order valence-electron chi connectivity index (χ0n) is 12.1. The average Bonchev–Trinajstić information content (AvgIpc) is 3.21. The number of H-pyrrole nitrogens is 1. The minimum Gasteiger partial charge on any atom is -0.346 e. The standard InChI is InChI=1S/C16H19N5/c1-11-6-12(7-17-11)10-21-5-4-15-16(21)3-2-14(20-15)13-8-18-19-9-13/h2-5,8-9,11-12,17H,6-7,10H2,1H3,(H,18,19)/t11-,12?/m0/s1. The van der Waals surface area contributed by atoms with Gasteiger partial charge in [0.15, 0.2) is 0 Å². The van der Waals surface area contributed by atoms with E-state index in [0.29, 0.717) is 12.0 Å². The van der Waals surface area contributed by atoms with Crippen LogP contribution in [0.25, 0.3) is 22.3 Å². The van der Waals surface area contributed by atoms with E-state index in [1.54, 1.807) is 6.20 Å². The number of pyridine rings is 1. The maximum atomic E-state index is 4.73. The maximum absolute atomic E-state index is 4.73. The molecule has 0 spiro atoms. The van der Waals surface area contributed by atoms with Crippen LogP contribution in [0.15, 0.2) is 36.8 Å². The van der Waals surface area contributed by atoms with E-state index in [4.69, 9.17) is 4.98 Å². The molecule has 4 rings (SSSR count). The van der Waals surface area contributed by atoms with Gasteiger partial charge in [-0.3, -0.25) is 5.10 Å². The van der Waals surface area contributed by atoms with E-state index < -0.39 is 0 Å². The Morgan fingerprint density at radius 2 is 2.29 bits per heavy atom. The van der Waals surface area contributed by atoms with Gasteiger partial charge in [-0.2, -0.15) is 5.10 Å². The molecule has 5 nitrogen and oxygen atoms in total. The first-order valence-corrected chi connectivity index (χ1v) is 7.48. The first-order valence-electron chi connectivity index (χ1n) is 7.48. The molecule has 1 aliphatic heterocycles. The molecule has 0 bridgehead atoms. The zero-order chi connectivity index (χ0) is 14.2. The first-order chi connectivity index (χ1) is 10.3. The summed E-state index contributed by atoms with van der Waals surface area (Å²) < 4.78 is 2.33. The van der Waals surface area contributed by atoms with E-state index in [0.717, 1.165) is 29.9 Å². The molecule has 108 valence electrons. The Bertz CT molecular complexity index is 743. The highest BCUT2D eigenvalue weighted by Gasteiger charge is 2.21. The van der Waals surface area contributed by atoms with Crippen LogP contribution in [0.4, 0.5) is 0 Å². The van der Waals surface area contributed by atoms with Gasteiger partial charge in [0.1, 0.15) is 0 Å². The molecule has 4 heterocycles. The predicted molar refractivity (Wildman–Crippen MR) is 82.9 cm³/mol. The summed E-state index contributed by atoms with van der Waals surface area (Å²) in [4.78, 5) is 4.73. The van der Waals surface area contributed by atoms with Crippen LogP contribution in [0.5, 0.6) is 0 Å². The largest absolute Gasteiger partial charge is 0.346 e. The minimum atomic E-state index is 0.641. The van der Waals surface area contributed by atoms with Crippen molar-refractivity contribution in [2.45, 2.75) is 25.9 Å². The second kappa shape index (κ2) is 5.00. The van der Waals surface area contributed by atoms with Gasteiger partial charge in [0.2, 0.25) is 0 Å². The van der Waals surface area contributed by atoms with E-state index in [-0.39, 0.29) is 0 Å². The number of hydrogen-bond acceptors (Lipinski definition) is 3. The SMILES string of the molecule is C[C@H]1CC(Cn2ccc3nc(-c4cn[nH]c4)ccc32)CN1. The number of fused-ring (bicyclic) bond motifs is 1. The molecule has 2 N–H and O–H groups in total.